The van der Waals surface area contributed by atoms with Crippen molar-refractivity contribution in [2.24, 2.45) is 0 Å². The summed E-state index contributed by atoms with van der Waals surface area (Å²) in [5, 5.41) is 3.55. The highest BCUT2D eigenvalue weighted by atomic mass is 15.2. The van der Waals surface area contributed by atoms with Crippen molar-refractivity contribution in [2.45, 2.75) is 25.4 Å². The van der Waals surface area contributed by atoms with E-state index in [4.69, 9.17) is 0 Å². The Morgan fingerprint density at radius 3 is 3.14 bits per heavy atom. The minimum atomic E-state index is 0.623. The number of para-hydroxylation sites is 1. The van der Waals surface area contributed by atoms with Crippen LogP contribution >= 0.6 is 0 Å². The monoisotopic (exact) mass is 188 g/mol. The van der Waals surface area contributed by atoms with Gasteiger partial charge in [-0.05, 0) is 25.0 Å². The normalized spacial score (nSPS) is 29.9. The lowest BCUT2D eigenvalue weighted by Gasteiger charge is -2.36. The van der Waals surface area contributed by atoms with Crippen molar-refractivity contribution in [3.63, 3.8) is 0 Å². The van der Waals surface area contributed by atoms with Crippen LogP contribution in [0.3, 0.4) is 0 Å². The zero-order valence-corrected chi connectivity index (χ0v) is 8.53. The van der Waals surface area contributed by atoms with Gasteiger partial charge in [-0.15, -0.1) is 0 Å². The largest absolute Gasteiger partial charge is 0.365 e. The molecule has 1 aromatic rings. The molecule has 0 aromatic heterocycles. The molecule has 2 aliphatic heterocycles. The minimum absolute atomic E-state index is 0.623. The van der Waals surface area contributed by atoms with Crippen molar-refractivity contribution < 1.29 is 0 Å². The maximum Gasteiger partial charge on any atom is 0.0456 e. The van der Waals surface area contributed by atoms with Crippen LogP contribution in [0.1, 0.15) is 12.5 Å². The highest BCUT2D eigenvalue weighted by Gasteiger charge is 2.32. The minimum Gasteiger partial charge on any atom is -0.365 e. The molecular formula is C12H16N2. The molecule has 0 radical (unpaired) electrons. The molecule has 14 heavy (non-hydrogen) atoms. The smallest absolute Gasteiger partial charge is 0.0456 e. The first-order valence-corrected chi connectivity index (χ1v) is 5.42. The van der Waals surface area contributed by atoms with E-state index < -0.39 is 0 Å². The number of hydrogen-bond acceptors (Lipinski definition) is 2. The van der Waals surface area contributed by atoms with Gasteiger partial charge in [0.25, 0.3) is 0 Å². The zero-order valence-electron chi connectivity index (χ0n) is 8.53. The van der Waals surface area contributed by atoms with Gasteiger partial charge in [0.2, 0.25) is 0 Å². The first kappa shape index (κ1) is 8.30. The molecule has 2 atom stereocenters. The van der Waals surface area contributed by atoms with Crippen molar-refractivity contribution >= 4 is 5.69 Å². The predicted molar refractivity (Wildman–Crippen MR) is 58.7 cm³/mol. The van der Waals surface area contributed by atoms with Gasteiger partial charge < -0.3 is 10.2 Å². The summed E-state index contributed by atoms with van der Waals surface area (Å²) >= 11 is 0. The van der Waals surface area contributed by atoms with Gasteiger partial charge in [0.15, 0.2) is 0 Å². The van der Waals surface area contributed by atoms with Crippen LogP contribution in [0, 0.1) is 0 Å². The van der Waals surface area contributed by atoms with Gasteiger partial charge in [-0.25, -0.2) is 0 Å². The molecule has 1 saturated heterocycles. The predicted octanol–water partition coefficient (Wildman–Crippen LogP) is 1.41. The zero-order chi connectivity index (χ0) is 9.54. The summed E-state index contributed by atoms with van der Waals surface area (Å²) in [6.07, 6.45) is 1.22. The fraction of sp³-hybridized carbons (Fsp3) is 0.500. The van der Waals surface area contributed by atoms with Crippen LogP contribution in [0.25, 0.3) is 0 Å². The molecule has 74 valence electrons. The lowest BCUT2D eigenvalue weighted by Crippen LogP contribution is -2.54. The van der Waals surface area contributed by atoms with E-state index in [2.05, 4.69) is 41.4 Å². The maximum atomic E-state index is 3.55. The molecule has 2 heterocycles. The van der Waals surface area contributed by atoms with Crippen LogP contribution in [-0.4, -0.2) is 25.2 Å². The summed E-state index contributed by atoms with van der Waals surface area (Å²) < 4.78 is 0. The Balaban J connectivity index is 1.97. The van der Waals surface area contributed by atoms with Gasteiger partial charge in [-0.1, -0.05) is 18.2 Å². The molecule has 1 aromatic carbocycles. The Kier molecular flexibility index (Phi) is 1.77. The molecule has 0 saturated carbocycles. The number of benzene rings is 1. The Bertz CT molecular complexity index is 348. The molecule has 2 unspecified atom stereocenters. The van der Waals surface area contributed by atoms with Gasteiger partial charge in [0.1, 0.15) is 0 Å². The number of rotatable bonds is 0. The summed E-state index contributed by atoms with van der Waals surface area (Å²) in [6.45, 7) is 4.55. The second kappa shape index (κ2) is 2.99. The van der Waals surface area contributed by atoms with Crippen LogP contribution in [0.4, 0.5) is 5.69 Å². The van der Waals surface area contributed by atoms with Gasteiger partial charge in [0.05, 0.1) is 0 Å². The van der Waals surface area contributed by atoms with Gasteiger partial charge in [-0.2, -0.15) is 0 Å². The van der Waals surface area contributed by atoms with Gasteiger partial charge in [-0.3, -0.25) is 0 Å². The average molecular weight is 188 g/mol. The van der Waals surface area contributed by atoms with Crippen molar-refractivity contribution in [3.05, 3.63) is 29.8 Å². The molecule has 0 aliphatic carbocycles. The number of fused-ring (bicyclic) bond motifs is 3. The second-order valence-corrected chi connectivity index (χ2v) is 4.45. The van der Waals surface area contributed by atoms with Crippen molar-refractivity contribution in [2.75, 3.05) is 18.0 Å². The Morgan fingerprint density at radius 2 is 2.21 bits per heavy atom. The van der Waals surface area contributed by atoms with Crippen LogP contribution in [0.2, 0.25) is 0 Å². The third-order valence-corrected chi connectivity index (χ3v) is 3.37. The van der Waals surface area contributed by atoms with Gasteiger partial charge in [0, 0.05) is 30.9 Å². The summed E-state index contributed by atoms with van der Waals surface area (Å²) in [4.78, 5) is 2.57. The van der Waals surface area contributed by atoms with Crippen molar-refractivity contribution in [1.82, 2.24) is 5.32 Å². The molecule has 3 rings (SSSR count). The third kappa shape index (κ3) is 1.14. The van der Waals surface area contributed by atoms with E-state index in [0.29, 0.717) is 12.1 Å². The maximum absolute atomic E-state index is 3.55. The molecule has 0 amide bonds. The summed E-state index contributed by atoms with van der Waals surface area (Å²) in [7, 11) is 0. The Hall–Kier alpha value is -1.02. The second-order valence-electron chi connectivity index (χ2n) is 4.45. The van der Waals surface area contributed by atoms with Crippen molar-refractivity contribution in [1.29, 1.82) is 0 Å². The molecule has 0 spiro atoms. The van der Waals surface area contributed by atoms with Crippen LogP contribution in [0.5, 0.6) is 0 Å². The first-order chi connectivity index (χ1) is 6.84. The summed E-state index contributed by atoms with van der Waals surface area (Å²) in [6, 6.07) is 10.1. The van der Waals surface area contributed by atoms with E-state index in [1.54, 1.807) is 0 Å². The number of nitrogens with zero attached hydrogens (tertiary/aromatic N) is 1. The summed E-state index contributed by atoms with van der Waals surface area (Å²) in [5.41, 5.74) is 2.99. The average Bonchev–Trinajstić information content (AvgIpc) is 2.56. The Labute approximate surface area is 84.9 Å². The first-order valence-electron chi connectivity index (χ1n) is 5.42. The number of hydrogen-bond donors (Lipinski definition) is 1. The molecule has 1 fully saturated rings. The van der Waals surface area contributed by atoms with Crippen LogP contribution in [-0.2, 0) is 6.42 Å². The fourth-order valence-electron chi connectivity index (χ4n) is 2.65. The third-order valence-electron chi connectivity index (χ3n) is 3.37. The molecule has 2 nitrogen and oxygen atoms in total. The topological polar surface area (TPSA) is 15.3 Å². The highest BCUT2D eigenvalue weighted by molar-refractivity contribution is 5.60. The standard InChI is InChI=1S/C12H16N2/c1-9-8-14-11(7-13-9)6-10-4-2-3-5-12(10)14/h2-5,9,11,13H,6-8H2,1H3. The van der Waals surface area contributed by atoms with Crippen molar-refractivity contribution in [3.8, 4) is 0 Å². The number of piperazine rings is 1. The van der Waals surface area contributed by atoms with E-state index in [1.807, 2.05) is 0 Å². The van der Waals surface area contributed by atoms with E-state index in [1.165, 1.54) is 17.7 Å². The Morgan fingerprint density at radius 1 is 1.36 bits per heavy atom. The number of nitrogens with one attached hydrogen (secondary N) is 1. The quantitative estimate of drug-likeness (QED) is 0.662. The van der Waals surface area contributed by atoms with E-state index in [9.17, 15) is 0 Å². The summed E-state index contributed by atoms with van der Waals surface area (Å²) in [5.74, 6) is 0. The molecular weight excluding hydrogens is 172 g/mol. The SMILES string of the molecule is CC1CN2c3ccccc3CC2CN1. The van der Waals surface area contributed by atoms with E-state index in [0.717, 1.165) is 13.1 Å². The fourth-order valence-corrected chi connectivity index (χ4v) is 2.65. The highest BCUT2D eigenvalue weighted by Crippen LogP contribution is 2.32. The molecule has 1 N–H and O–H groups in total. The van der Waals surface area contributed by atoms with Crippen LogP contribution in [0.15, 0.2) is 24.3 Å². The lowest BCUT2D eigenvalue weighted by atomic mass is 10.1. The molecule has 2 heteroatoms. The van der Waals surface area contributed by atoms with Gasteiger partial charge >= 0.3 is 0 Å². The van der Waals surface area contributed by atoms with Crippen LogP contribution < -0.4 is 10.2 Å². The lowest BCUT2D eigenvalue weighted by molar-refractivity contribution is 0.422. The molecule has 0 bridgehead atoms. The van der Waals surface area contributed by atoms with E-state index in [-0.39, 0.29) is 0 Å². The van der Waals surface area contributed by atoms with E-state index >= 15 is 0 Å². The molecule has 2 aliphatic rings. The number of anilines is 1.